The van der Waals surface area contributed by atoms with E-state index >= 15 is 0 Å². The van der Waals surface area contributed by atoms with Gasteiger partial charge in [-0.2, -0.15) is 0 Å². The number of nitrogens with two attached hydrogens (primary N) is 1. The van der Waals surface area contributed by atoms with E-state index in [1.807, 2.05) is 13.0 Å². The molecule has 0 unspecified atom stereocenters. The summed E-state index contributed by atoms with van der Waals surface area (Å²) in [6, 6.07) is 8.11. The summed E-state index contributed by atoms with van der Waals surface area (Å²) >= 11 is 4.91. The van der Waals surface area contributed by atoms with Gasteiger partial charge in [0.25, 0.3) is 5.91 Å². The number of rotatable bonds is 3. The van der Waals surface area contributed by atoms with Gasteiger partial charge in [0.05, 0.1) is 5.56 Å². The SMILES string of the molecule is Cc1ccc(C(N)=S)cc1NC(=O)c1ccc(=O)[nH]c1. The zero-order valence-electron chi connectivity index (χ0n) is 10.8. The lowest BCUT2D eigenvalue weighted by Gasteiger charge is -2.10. The van der Waals surface area contributed by atoms with Crippen molar-refractivity contribution in [2.45, 2.75) is 6.92 Å². The van der Waals surface area contributed by atoms with E-state index in [1.165, 1.54) is 18.3 Å². The predicted molar refractivity (Wildman–Crippen MR) is 82.1 cm³/mol. The van der Waals surface area contributed by atoms with Crippen molar-refractivity contribution in [3.63, 3.8) is 0 Å². The molecule has 5 nitrogen and oxygen atoms in total. The van der Waals surface area contributed by atoms with Crippen molar-refractivity contribution in [1.82, 2.24) is 4.98 Å². The Balaban J connectivity index is 2.27. The first-order chi connectivity index (χ1) is 9.47. The molecule has 0 saturated heterocycles. The Morgan fingerprint density at radius 3 is 2.55 bits per heavy atom. The van der Waals surface area contributed by atoms with E-state index in [9.17, 15) is 9.59 Å². The zero-order chi connectivity index (χ0) is 14.7. The number of hydrogen-bond donors (Lipinski definition) is 3. The van der Waals surface area contributed by atoms with Crippen molar-refractivity contribution in [1.29, 1.82) is 0 Å². The van der Waals surface area contributed by atoms with Crippen molar-refractivity contribution >= 4 is 28.8 Å². The molecule has 0 saturated carbocycles. The fraction of sp³-hybridized carbons (Fsp3) is 0.0714. The Labute approximate surface area is 120 Å². The number of nitrogens with one attached hydrogen (secondary N) is 2. The Kier molecular flexibility index (Phi) is 3.95. The van der Waals surface area contributed by atoms with Crippen LogP contribution in [-0.4, -0.2) is 15.9 Å². The minimum Gasteiger partial charge on any atom is -0.389 e. The molecule has 1 aromatic heterocycles. The minimum atomic E-state index is -0.315. The first kappa shape index (κ1) is 14.0. The molecule has 20 heavy (non-hydrogen) atoms. The molecule has 4 N–H and O–H groups in total. The Hall–Kier alpha value is -2.47. The number of amides is 1. The predicted octanol–water partition coefficient (Wildman–Crippen LogP) is 1.57. The summed E-state index contributed by atoms with van der Waals surface area (Å²) in [5.74, 6) is -0.315. The maximum atomic E-state index is 12.1. The number of carbonyl (C=O) groups is 1. The van der Waals surface area contributed by atoms with E-state index in [2.05, 4.69) is 10.3 Å². The third-order valence-electron chi connectivity index (χ3n) is 2.82. The van der Waals surface area contributed by atoms with Crippen LogP contribution in [0.15, 0.2) is 41.3 Å². The van der Waals surface area contributed by atoms with Crippen LogP contribution in [-0.2, 0) is 0 Å². The maximum Gasteiger partial charge on any atom is 0.257 e. The van der Waals surface area contributed by atoms with Gasteiger partial charge in [-0.15, -0.1) is 0 Å². The Bertz CT molecular complexity index is 717. The number of aromatic amines is 1. The maximum absolute atomic E-state index is 12.1. The van der Waals surface area contributed by atoms with Gasteiger partial charge in [0.2, 0.25) is 5.56 Å². The lowest BCUT2D eigenvalue weighted by atomic mass is 10.1. The molecule has 0 fully saturated rings. The smallest absolute Gasteiger partial charge is 0.257 e. The molecule has 102 valence electrons. The van der Waals surface area contributed by atoms with Gasteiger partial charge in [-0.1, -0.05) is 24.4 Å². The van der Waals surface area contributed by atoms with Crippen molar-refractivity contribution < 1.29 is 4.79 Å². The van der Waals surface area contributed by atoms with Crippen LogP contribution in [0.5, 0.6) is 0 Å². The molecule has 0 aliphatic carbocycles. The third-order valence-corrected chi connectivity index (χ3v) is 3.05. The number of hydrogen-bond acceptors (Lipinski definition) is 3. The molecule has 1 aromatic carbocycles. The monoisotopic (exact) mass is 287 g/mol. The molecular weight excluding hydrogens is 274 g/mol. The number of aryl methyl sites for hydroxylation is 1. The van der Waals surface area contributed by atoms with Crippen LogP contribution in [0.2, 0.25) is 0 Å². The molecule has 2 rings (SSSR count). The van der Waals surface area contributed by atoms with E-state index in [-0.39, 0.29) is 16.5 Å². The summed E-state index contributed by atoms with van der Waals surface area (Å²) in [6.45, 7) is 1.87. The largest absolute Gasteiger partial charge is 0.389 e. The lowest BCUT2D eigenvalue weighted by Crippen LogP contribution is -2.16. The van der Waals surface area contributed by atoms with Gasteiger partial charge >= 0.3 is 0 Å². The van der Waals surface area contributed by atoms with Gasteiger partial charge in [0.15, 0.2) is 0 Å². The summed E-state index contributed by atoms with van der Waals surface area (Å²) in [5, 5.41) is 2.77. The number of H-pyrrole nitrogens is 1. The molecule has 0 aliphatic rings. The molecule has 1 heterocycles. The molecule has 1 amide bonds. The molecule has 0 spiro atoms. The van der Waals surface area contributed by atoms with Crippen molar-refractivity contribution in [2.24, 2.45) is 5.73 Å². The molecule has 6 heteroatoms. The van der Waals surface area contributed by atoms with Crippen LogP contribution in [0.3, 0.4) is 0 Å². The highest BCUT2D eigenvalue weighted by atomic mass is 32.1. The van der Waals surface area contributed by atoms with Gasteiger partial charge in [-0.05, 0) is 24.6 Å². The standard InChI is InChI=1S/C14H13N3O2S/c1-8-2-3-9(13(15)20)6-11(8)17-14(19)10-4-5-12(18)16-7-10/h2-7H,1H3,(H2,15,20)(H,16,18)(H,17,19). The molecule has 0 atom stereocenters. The zero-order valence-corrected chi connectivity index (χ0v) is 11.6. The van der Waals surface area contributed by atoms with Crippen molar-refractivity contribution in [2.75, 3.05) is 5.32 Å². The molecule has 2 aromatic rings. The van der Waals surface area contributed by atoms with Gasteiger partial charge in [-0.25, -0.2) is 0 Å². The van der Waals surface area contributed by atoms with Crippen molar-refractivity contribution in [3.8, 4) is 0 Å². The fourth-order valence-corrected chi connectivity index (χ4v) is 1.78. The highest BCUT2D eigenvalue weighted by molar-refractivity contribution is 7.80. The van der Waals surface area contributed by atoms with Crippen LogP contribution >= 0.6 is 12.2 Å². The third kappa shape index (κ3) is 3.10. The number of aromatic nitrogens is 1. The highest BCUT2D eigenvalue weighted by Gasteiger charge is 2.09. The summed E-state index contributed by atoms with van der Waals surface area (Å²) in [4.78, 5) is 25.7. The van der Waals surface area contributed by atoms with Gasteiger partial charge in [-0.3, -0.25) is 9.59 Å². The second kappa shape index (κ2) is 5.66. The summed E-state index contributed by atoms with van der Waals surface area (Å²) < 4.78 is 0. The van der Waals surface area contributed by atoms with Crippen LogP contribution in [0.1, 0.15) is 21.5 Å². The first-order valence-corrected chi connectivity index (χ1v) is 6.29. The van der Waals surface area contributed by atoms with E-state index in [1.54, 1.807) is 12.1 Å². The van der Waals surface area contributed by atoms with Gasteiger partial charge in [0, 0.05) is 23.5 Å². The van der Waals surface area contributed by atoms with E-state index < -0.39 is 0 Å². The van der Waals surface area contributed by atoms with Crippen LogP contribution < -0.4 is 16.6 Å². The molecule has 0 radical (unpaired) electrons. The topological polar surface area (TPSA) is 88.0 Å². The number of pyridine rings is 1. The van der Waals surface area contributed by atoms with E-state index in [0.29, 0.717) is 16.8 Å². The Morgan fingerprint density at radius 1 is 1.25 bits per heavy atom. The lowest BCUT2D eigenvalue weighted by molar-refractivity contribution is 0.102. The average Bonchev–Trinajstić information content (AvgIpc) is 2.41. The highest BCUT2D eigenvalue weighted by Crippen LogP contribution is 2.17. The van der Waals surface area contributed by atoms with E-state index in [4.69, 9.17) is 18.0 Å². The fourth-order valence-electron chi connectivity index (χ4n) is 1.66. The number of carbonyl (C=O) groups excluding carboxylic acids is 1. The second-order valence-corrected chi connectivity index (χ2v) is 4.73. The molecular formula is C14H13N3O2S. The quantitative estimate of drug-likeness (QED) is 0.748. The average molecular weight is 287 g/mol. The summed E-state index contributed by atoms with van der Waals surface area (Å²) in [7, 11) is 0. The van der Waals surface area contributed by atoms with Gasteiger partial charge < -0.3 is 16.0 Å². The van der Waals surface area contributed by atoms with Crippen molar-refractivity contribution in [3.05, 3.63) is 63.6 Å². The van der Waals surface area contributed by atoms with Crippen LogP contribution in [0.4, 0.5) is 5.69 Å². The van der Waals surface area contributed by atoms with Crippen LogP contribution in [0.25, 0.3) is 0 Å². The molecule has 0 aliphatic heterocycles. The minimum absolute atomic E-state index is 0.256. The Morgan fingerprint density at radius 2 is 1.95 bits per heavy atom. The number of anilines is 1. The first-order valence-electron chi connectivity index (χ1n) is 5.88. The van der Waals surface area contributed by atoms with E-state index in [0.717, 1.165) is 5.56 Å². The second-order valence-electron chi connectivity index (χ2n) is 4.29. The van der Waals surface area contributed by atoms with Gasteiger partial charge in [0.1, 0.15) is 4.99 Å². The molecule has 0 bridgehead atoms. The number of thiocarbonyl (C=S) groups is 1. The van der Waals surface area contributed by atoms with Crippen LogP contribution in [0, 0.1) is 6.92 Å². The number of benzene rings is 1. The normalized spacial score (nSPS) is 10.1. The summed E-state index contributed by atoms with van der Waals surface area (Å²) in [6.07, 6.45) is 1.37. The summed E-state index contributed by atoms with van der Waals surface area (Å²) in [5.41, 5.74) is 7.88.